The number of aromatic nitrogens is 2. The number of hydrogen-bond donors (Lipinski definition) is 2. The van der Waals surface area contributed by atoms with E-state index >= 15 is 0 Å². The fourth-order valence-corrected chi connectivity index (χ4v) is 2.64. The number of aliphatic carboxylic acids is 1. The van der Waals surface area contributed by atoms with Gasteiger partial charge >= 0.3 is 5.97 Å². The van der Waals surface area contributed by atoms with E-state index in [9.17, 15) is 14.7 Å². The number of carbonyl (C=O) groups is 2. The maximum Gasteiger partial charge on any atom is 0.326 e. The summed E-state index contributed by atoms with van der Waals surface area (Å²) >= 11 is 6.19. The van der Waals surface area contributed by atoms with Gasteiger partial charge in [-0.15, -0.1) is 0 Å². The molecule has 27 heavy (non-hydrogen) atoms. The summed E-state index contributed by atoms with van der Waals surface area (Å²) in [6, 6.07) is 7.66. The largest absolute Gasteiger partial charge is 0.480 e. The highest BCUT2D eigenvalue weighted by atomic mass is 35.5. The van der Waals surface area contributed by atoms with Crippen molar-refractivity contribution in [3.8, 4) is 5.69 Å². The van der Waals surface area contributed by atoms with E-state index in [1.165, 1.54) is 0 Å². The highest BCUT2D eigenvalue weighted by molar-refractivity contribution is 6.32. The second-order valence-electron chi connectivity index (χ2n) is 7.15. The van der Waals surface area contributed by atoms with Crippen LogP contribution in [0.2, 0.25) is 5.02 Å². The lowest BCUT2D eigenvalue weighted by atomic mass is 10.1. The van der Waals surface area contributed by atoms with Gasteiger partial charge in [0.2, 0.25) is 0 Å². The fourth-order valence-electron chi connectivity index (χ4n) is 2.43. The number of amides is 1. The Morgan fingerprint density at radius 2 is 2.00 bits per heavy atom. The molecule has 2 aromatic rings. The number of carbonyl (C=O) groups excluding carboxylic acids is 1. The van der Waals surface area contributed by atoms with E-state index in [1.54, 1.807) is 35.9 Å². The Balaban J connectivity index is 2.11. The van der Waals surface area contributed by atoms with Crippen LogP contribution in [0.4, 0.5) is 0 Å². The van der Waals surface area contributed by atoms with Crippen LogP contribution in [-0.4, -0.2) is 45.0 Å². The number of ether oxygens (including phenoxy) is 1. The van der Waals surface area contributed by atoms with Crippen LogP contribution in [0.25, 0.3) is 5.69 Å². The van der Waals surface area contributed by atoms with Gasteiger partial charge in [-0.1, -0.05) is 23.7 Å². The van der Waals surface area contributed by atoms with E-state index < -0.39 is 17.9 Å². The van der Waals surface area contributed by atoms with Crippen LogP contribution >= 0.6 is 11.6 Å². The van der Waals surface area contributed by atoms with Gasteiger partial charge in [0.25, 0.3) is 5.91 Å². The van der Waals surface area contributed by atoms with Crippen molar-refractivity contribution in [3.63, 3.8) is 0 Å². The lowest BCUT2D eigenvalue weighted by Crippen LogP contribution is -2.42. The van der Waals surface area contributed by atoms with Crippen molar-refractivity contribution >= 4 is 23.5 Å². The number of carboxylic acid groups (broad SMARTS) is 1. The maximum atomic E-state index is 12.5. The van der Waals surface area contributed by atoms with Gasteiger partial charge in [0.15, 0.2) is 5.69 Å². The molecule has 1 atom stereocenters. The zero-order valence-electron chi connectivity index (χ0n) is 15.8. The molecule has 0 aliphatic carbocycles. The lowest BCUT2D eigenvalue weighted by Gasteiger charge is -2.21. The first-order valence-electron chi connectivity index (χ1n) is 8.57. The molecular weight excluding hydrogens is 370 g/mol. The van der Waals surface area contributed by atoms with Crippen molar-refractivity contribution in [2.75, 3.05) is 6.61 Å². The van der Waals surface area contributed by atoms with Crippen molar-refractivity contribution in [3.05, 3.63) is 46.7 Å². The zero-order valence-corrected chi connectivity index (χ0v) is 16.6. The van der Waals surface area contributed by atoms with Crippen molar-refractivity contribution in [2.45, 2.75) is 45.8 Å². The molecule has 146 valence electrons. The molecule has 0 aliphatic heterocycles. The van der Waals surface area contributed by atoms with Gasteiger partial charge in [-0.05, 0) is 45.9 Å². The molecule has 0 spiro atoms. The predicted octanol–water partition coefficient (Wildman–Crippen LogP) is 3.22. The minimum atomic E-state index is -1.12. The quantitative estimate of drug-likeness (QED) is 0.753. The third-order valence-corrected chi connectivity index (χ3v) is 4.07. The monoisotopic (exact) mass is 393 g/mol. The van der Waals surface area contributed by atoms with Crippen LogP contribution in [0.5, 0.6) is 0 Å². The number of hydrogen-bond acceptors (Lipinski definition) is 4. The van der Waals surface area contributed by atoms with Crippen LogP contribution in [0, 0.1) is 6.92 Å². The molecule has 0 saturated heterocycles. The van der Waals surface area contributed by atoms with E-state index in [-0.39, 0.29) is 24.3 Å². The number of rotatable bonds is 7. The van der Waals surface area contributed by atoms with Gasteiger partial charge in [-0.3, -0.25) is 4.79 Å². The summed E-state index contributed by atoms with van der Waals surface area (Å²) < 4.78 is 7.09. The maximum absolute atomic E-state index is 12.5. The first-order chi connectivity index (χ1) is 12.6. The van der Waals surface area contributed by atoms with Crippen molar-refractivity contribution in [1.29, 1.82) is 0 Å². The molecule has 0 bridgehead atoms. The minimum Gasteiger partial charge on any atom is -0.480 e. The third kappa shape index (κ3) is 5.80. The van der Waals surface area contributed by atoms with E-state index in [1.807, 2.05) is 26.8 Å². The van der Waals surface area contributed by atoms with E-state index in [4.69, 9.17) is 16.3 Å². The SMILES string of the molecule is Cc1cc(C(=O)NC(CCOC(C)(C)C)C(=O)O)nn1-c1ccccc1Cl. The number of benzene rings is 1. The molecule has 8 heteroatoms. The number of nitrogens with one attached hydrogen (secondary N) is 1. The van der Waals surface area contributed by atoms with Gasteiger partial charge in [-0.2, -0.15) is 5.10 Å². The highest BCUT2D eigenvalue weighted by Gasteiger charge is 2.23. The highest BCUT2D eigenvalue weighted by Crippen LogP contribution is 2.21. The second-order valence-corrected chi connectivity index (χ2v) is 7.56. The molecule has 2 rings (SSSR count). The Bertz CT molecular complexity index is 827. The topological polar surface area (TPSA) is 93.4 Å². The summed E-state index contributed by atoms with van der Waals surface area (Å²) in [5.74, 6) is -1.69. The number of aryl methyl sites for hydroxylation is 1. The van der Waals surface area contributed by atoms with Crippen LogP contribution < -0.4 is 5.32 Å². The molecule has 0 aliphatic rings. The van der Waals surface area contributed by atoms with Crippen molar-refractivity contribution in [2.24, 2.45) is 0 Å². The molecule has 1 heterocycles. The average molecular weight is 394 g/mol. The normalized spacial score (nSPS) is 12.6. The zero-order chi connectivity index (χ0) is 20.2. The van der Waals surface area contributed by atoms with E-state index in [0.29, 0.717) is 16.4 Å². The summed E-state index contributed by atoms with van der Waals surface area (Å²) in [5, 5.41) is 16.6. The fraction of sp³-hybridized carbons (Fsp3) is 0.421. The average Bonchev–Trinajstić information content (AvgIpc) is 2.95. The Morgan fingerprint density at radius 3 is 2.59 bits per heavy atom. The van der Waals surface area contributed by atoms with Crippen LogP contribution in [0.15, 0.2) is 30.3 Å². The summed E-state index contributed by atoms with van der Waals surface area (Å²) in [4.78, 5) is 23.9. The lowest BCUT2D eigenvalue weighted by molar-refractivity contribution is -0.140. The number of para-hydroxylation sites is 1. The summed E-state index contributed by atoms with van der Waals surface area (Å²) in [6.07, 6.45) is 0.155. The Morgan fingerprint density at radius 1 is 1.33 bits per heavy atom. The standard InChI is InChI=1S/C19H24ClN3O4/c1-12-11-15(22-23(12)16-8-6-5-7-13(16)20)17(24)21-14(18(25)26)9-10-27-19(2,3)4/h5-8,11,14H,9-10H2,1-4H3,(H,21,24)(H,25,26). The second kappa shape index (κ2) is 8.54. The van der Waals surface area contributed by atoms with E-state index in [2.05, 4.69) is 10.4 Å². The van der Waals surface area contributed by atoms with Crippen LogP contribution in [0.1, 0.15) is 43.4 Å². The number of halogens is 1. The molecule has 1 aromatic heterocycles. The predicted molar refractivity (Wildman–Crippen MR) is 103 cm³/mol. The molecular formula is C19H24ClN3O4. The Hall–Kier alpha value is -2.38. The van der Waals surface area contributed by atoms with Crippen LogP contribution in [-0.2, 0) is 9.53 Å². The van der Waals surface area contributed by atoms with E-state index in [0.717, 1.165) is 0 Å². The molecule has 0 saturated carbocycles. The van der Waals surface area contributed by atoms with Gasteiger partial charge in [-0.25, -0.2) is 9.48 Å². The molecule has 1 unspecified atom stereocenters. The van der Waals surface area contributed by atoms with Gasteiger partial charge in [0.1, 0.15) is 6.04 Å². The third-order valence-electron chi connectivity index (χ3n) is 3.75. The van der Waals surface area contributed by atoms with Gasteiger partial charge < -0.3 is 15.2 Å². The smallest absolute Gasteiger partial charge is 0.326 e. The first kappa shape index (κ1) is 20.9. The molecule has 1 amide bonds. The van der Waals surface area contributed by atoms with Gasteiger partial charge in [0.05, 0.1) is 16.3 Å². The Labute approximate surface area is 163 Å². The number of carboxylic acids is 1. The van der Waals surface area contributed by atoms with Crippen molar-refractivity contribution in [1.82, 2.24) is 15.1 Å². The molecule has 1 aromatic carbocycles. The number of nitrogens with zero attached hydrogens (tertiary/aromatic N) is 2. The molecule has 0 radical (unpaired) electrons. The molecule has 7 nitrogen and oxygen atoms in total. The molecule has 2 N–H and O–H groups in total. The van der Waals surface area contributed by atoms with Crippen molar-refractivity contribution < 1.29 is 19.4 Å². The Kier molecular flexibility index (Phi) is 6.62. The van der Waals surface area contributed by atoms with Gasteiger partial charge in [0, 0.05) is 18.7 Å². The summed E-state index contributed by atoms with van der Waals surface area (Å²) in [6.45, 7) is 7.65. The molecule has 0 fully saturated rings. The first-order valence-corrected chi connectivity index (χ1v) is 8.95. The summed E-state index contributed by atoms with van der Waals surface area (Å²) in [7, 11) is 0. The van der Waals surface area contributed by atoms with Crippen LogP contribution in [0.3, 0.4) is 0 Å². The minimum absolute atomic E-state index is 0.121. The summed E-state index contributed by atoms with van der Waals surface area (Å²) in [5.41, 5.74) is 1.09.